The molecule has 1 aromatic carbocycles. The summed E-state index contributed by atoms with van der Waals surface area (Å²) in [5.41, 5.74) is 6.38. The third-order valence-corrected chi connectivity index (χ3v) is 3.01. The number of hydrogen-bond donors (Lipinski definition) is 1. The first-order valence-electron chi connectivity index (χ1n) is 7.83. The molecule has 0 unspecified atom stereocenters. The van der Waals surface area contributed by atoms with Gasteiger partial charge in [0.05, 0.1) is 6.33 Å². The predicted octanol–water partition coefficient (Wildman–Crippen LogP) is 4.24. The van der Waals surface area contributed by atoms with Gasteiger partial charge in [-0.05, 0) is 30.2 Å². The molecule has 0 radical (unpaired) electrons. The van der Waals surface area contributed by atoms with Gasteiger partial charge in [-0.1, -0.05) is 13.8 Å². The Labute approximate surface area is 150 Å². The zero-order chi connectivity index (χ0) is 20.3. The summed E-state index contributed by atoms with van der Waals surface area (Å²) in [4.78, 5) is 21.1. The number of halogens is 4. The van der Waals surface area contributed by atoms with Gasteiger partial charge in [0, 0.05) is 31.0 Å². The summed E-state index contributed by atoms with van der Waals surface area (Å²) in [5.74, 6) is -0.709. The van der Waals surface area contributed by atoms with E-state index in [4.69, 9.17) is 10.5 Å². The third-order valence-electron chi connectivity index (χ3n) is 3.01. The predicted molar refractivity (Wildman–Crippen MR) is 90.7 cm³/mol. The van der Waals surface area contributed by atoms with Gasteiger partial charge in [-0.2, -0.15) is 13.2 Å². The van der Waals surface area contributed by atoms with Crippen molar-refractivity contribution in [2.45, 2.75) is 33.4 Å². The fourth-order valence-electron chi connectivity index (χ4n) is 1.54. The Hall–Kier alpha value is -2.22. The molecule has 0 aromatic heterocycles. The molecule has 0 fully saturated rings. The van der Waals surface area contributed by atoms with Crippen LogP contribution in [0.4, 0.5) is 17.6 Å². The zero-order valence-corrected chi connectivity index (χ0v) is 14.9. The molecule has 8 heteroatoms. The van der Waals surface area contributed by atoms with Crippen molar-refractivity contribution in [3.63, 3.8) is 0 Å². The second-order valence-electron chi connectivity index (χ2n) is 5.86. The Morgan fingerprint density at radius 3 is 2.04 bits per heavy atom. The Morgan fingerprint density at radius 1 is 1.19 bits per heavy atom. The van der Waals surface area contributed by atoms with E-state index in [1.807, 2.05) is 13.8 Å². The highest BCUT2D eigenvalue weighted by molar-refractivity contribution is 5.96. The van der Waals surface area contributed by atoms with Crippen LogP contribution in [-0.4, -0.2) is 30.9 Å². The summed E-state index contributed by atoms with van der Waals surface area (Å²) in [6.07, 6.45) is -3.65. The SMILES string of the molecule is CC(=O)C(F)(F)F.CC(C)CC(=O)c1ccc(OC/C(=C/F)CN)cc1. The normalized spacial score (nSPS) is 11.7. The fourth-order valence-corrected chi connectivity index (χ4v) is 1.54. The number of alkyl halides is 3. The van der Waals surface area contributed by atoms with Gasteiger partial charge in [-0.3, -0.25) is 9.59 Å². The van der Waals surface area contributed by atoms with Crippen LogP contribution in [0.5, 0.6) is 5.75 Å². The first-order valence-corrected chi connectivity index (χ1v) is 7.83. The van der Waals surface area contributed by atoms with E-state index in [1.165, 1.54) is 0 Å². The lowest BCUT2D eigenvalue weighted by molar-refractivity contribution is -0.168. The Kier molecular flexibility index (Phi) is 10.4. The Bertz CT molecular complexity index is 608. The van der Waals surface area contributed by atoms with E-state index in [9.17, 15) is 27.2 Å². The summed E-state index contributed by atoms with van der Waals surface area (Å²) in [5, 5.41) is 0. The number of carbonyl (C=O) groups is 2. The first-order chi connectivity index (χ1) is 12.0. The molecule has 26 heavy (non-hydrogen) atoms. The van der Waals surface area contributed by atoms with Crippen molar-refractivity contribution in [2.24, 2.45) is 11.7 Å². The minimum atomic E-state index is -4.64. The maximum atomic E-state index is 12.3. The number of carbonyl (C=O) groups excluding carboxylic acids is 2. The topological polar surface area (TPSA) is 69.4 Å². The van der Waals surface area contributed by atoms with E-state index in [2.05, 4.69) is 0 Å². The summed E-state index contributed by atoms with van der Waals surface area (Å²) < 4.78 is 50.1. The van der Waals surface area contributed by atoms with E-state index in [0.717, 1.165) is 0 Å². The van der Waals surface area contributed by atoms with Gasteiger partial charge in [-0.15, -0.1) is 0 Å². The number of nitrogens with two attached hydrogens (primary N) is 1. The average molecular weight is 377 g/mol. The van der Waals surface area contributed by atoms with Crippen LogP contribution in [0.1, 0.15) is 37.6 Å². The van der Waals surface area contributed by atoms with Crippen molar-refractivity contribution < 1.29 is 31.9 Å². The zero-order valence-electron chi connectivity index (χ0n) is 14.9. The minimum Gasteiger partial charge on any atom is -0.489 e. The van der Waals surface area contributed by atoms with Crippen molar-refractivity contribution in [1.82, 2.24) is 0 Å². The van der Waals surface area contributed by atoms with Gasteiger partial charge in [0.15, 0.2) is 5.78 Å². The number of ether oxygens (including phenoxy) is 1. The average Bonchev–Trinajstić information content (AvgIpc) is 2.55. The standard InChI is InChI=1S/C15H20FNO2.C3H3F3O/c1-11(2)7-15(18)13-3-5-14(6-4-13)19-10-12(8-16)9-17;1-2(7)3(4,5)6/h3-6,8,11H,7,9-10,17H2,1-2H3;1H3/b12-8+;. The maximum absolute atomic E-state index is 12.3. The molecular formula is C18H23F4NO3. The van der Waals surface area contributed by atoms with Crippen molar-refractivity contribution in [3.05, 3.63) is 41.7 Å². The smallest absolute Gasteiger partial charge is 0.449 e. The van der Waals surface area contributed by atoms with Crippen LogP contribution in [0.2, 0.25) is 0 Å². The number of benzene rings is 1. The highest BCUT2D eigenvalue weighted by atomic mass is 19.4. The van der Waals surface area contributed by atoms with Gasteiger partial charge < -0.3 is 10.5 Å². The lowest BCUT2D eigenvalue weighted by Crippen LogP contribution is -2.18. The molecule has 1 rings (SSSR count). The molecule has 146 valence electrons. The van der Waals surface area contributed by atoms with Crippen molar-refractivity contribution in [1.29, 1.82) is 0 Å². The van der Waals surface area contributed by atoms with Crippen LogP contribution >= 0.6 is 0 Å². The van der Waals surface area contributed by atoms with E-state index in [1.54, 1.807) is 24.3 Å². The van der Waals surface area contributed by atoms with Gasteiger partial charge in [0.25, 0.3) is 0 Å². The molecule has 4 nitrogen and oxygen atoms in total. The van der Waals surface area contributed by atoms with Gasteiger partial charge in [-0.25, -0.2) is 4.39 Å². The van der Waals surface area contributed by atoms with Crippen LogP contribution < -0.4 is 10.5 Å². The molecule has 1 aromatic rings. The highest BCUT2D eigenvalue weighted by Gasteiger charge is 2.33. The molecule has 0 saturated carbocycles. The molecule has 0 heterocycles. The van der Waals surface area contributed by atoms with Crippen molar-refractivity contribution in [3.8, 4) is 5.75 Å². The second-order valence-corrected chi connectivity index (χ2v) is 5.86. The Balaban J connectivity index is 0.000000758. The molecule has 0 bridgehead atoms. The molecule has 2 N–H and O–H groups in total. The fraction of sp³-hybridized carbons (Fsp3) is 0.444. The van der Waals surface area contributed by atoms with Gasteiger partial charge in [0.2, 0.25) is 5.78 Å². The summed E-state index contributed by atoms with van der Waals surface area (Å²) in [7, 11) is 0. The molecule has 0 aliphatic rings. The maximum Gasteiger partial charge on any atom is 0.449 e. The second kappa shape index (κ2) is 11.4. The van der Waals surface area contributed by atoms with E-state index < -0.39 is 12.0 Å². The van der Waals surface area contributed by atoms with E-state index in [0.29, 0.717) is 42.5 Å². The van der Waals surface area contributed by atoms with Crippen LogP contribution in [0.3, 0.4) is 0 Å². The molecule has 0 aliphatic carbocycles. The van der Waals surface area contributed by atoms with Gasteiger partial charge >= 0.3 is 6.18 Å². The first kappa shape index (κ1) is 23.8. The number of hydrogen-bond acceptors (Lipinski definition) is 4. The quantitative estimate of drug-likeness (QED) is 0.570. The third kappa shape index (κ3) is 9.93. The largest absolute Gasteiger partial charge is 0.489 e. The van der Waals surface area contributed by atoms with Gasteiger partial charge in [0.1, 0.15) is 12.4 Å². The molecular weight excluding hydrogens is 354 g/mol. The monoisotopic (exact) mass is 377 g/mol. The summed E-state index contributed by atoms with van der Waals surface area (Å²) in [6, 6.07) is 6.86. The lowest BCUT2D eigenvalue weighted by atomic mass is 10.0. The number of Topliss-reactive ketones (excluding diaryl/α,β-unsaturated/α-hetero) is 2. The minimum absolute atomic E-state index is 0.117. The molecule has 0 amide bonds. The van der Waals surface area contributed by atoms with Crippen molar-refractivity contribution in [2.75, 3.05) is 13.2 Å². The Morgan fingerprint density at radius 2 is 1.69 bits per heavy atom. The lowest BCUT2D eigenvalue weighted by Gasteiger charge is -2.08. The van der Waals surface area contributed by atoms with Crippen LogP contribution in [0, 0.1) is 5.92 Å². The molecule has 0 atom stereocenters. The molecule has 0 saturated heterocycles. The summed E-state index contributed by atoms with van der Waals surface area (Å²) >= 11 is 0. The van der Waals surface area contributed by atoms with Crippen LogP contribution in [0.15, 0.2) is 36.2 Å². The van der Waals surface area contributed by atoms with Crippen LogP contribution in [-0.2, 0) is 4.79 Å². The van der Waals surface area contributed by atoms with E-state index >= 15 is 0 Å². The summed E-state index contributed by atoms with van der Waals surface area (Å²) in [6.45, 7) is 4.74. The number of rotatable bonds is 7. The number of ketones is 2. The van der Waals surface area contributed by atoms with Crippen molar-refractivity contribution >= 4 is 11.6 Å². The molecule has 0 spiro atoms. The molecule has 0 aliphatic heterocycles. The van der Waals surface area contributed by atoms with Crippen LogP contribution in [0.25, 0.3) is 0 Å². The van der Waals surface area contributed by atoms with E-state index in [-0.39, 0.29) is 18.9 Å². The highest BCUT2D eigenvalue weighted by Crippen LogP contribution is 2.16.